The van der Waals surface area contributed by atoms with Crippen molar-refractivity contribution in [3.63, 3.8) is 0 Å². The Bertz CT molecular complexity index is 181. The van der Waals surface area contributed by atoms with Crippen LogP contribution in [0.4, 0.5) is 13.2 Å². The Morgan fingerprint density at radius 1 is 1.36 bits per heavy atom. The topological polar surface area (TPSA) is 29.5 Å². The number of halogens is 3. The fraction of sp³-hybridized carbons (Fsp3) is 1.00. The SMILES string of the molecule is CC(OC1CCCC(O)C1)C(F)(F)F. The number of hydrogen-bond donors (Lipinski definition) is 1. The number of aliphatic hydroxyl groups is 1. The van der Waals surface area contributed by atoms with E-state index in [2.05, 4.69) is 0 Å². The van der Waals surface area contributed by atoms with E-state index in [4.69, 9.17) is 4.74 Å². The van der Waals surface area contributed by atoms with Gasteiger partial charge < -0.3 is 9.84 Å². The molecule has 0 radical (unpaired) electrons. The Balaban J connectivity index is 2.36. The normalized spacial score (nSPS) is 31.5. The minimum atomic E-state index is -4.30. The molecule has 5 heteroatoms. The molecular formula is C9H15F3O2. The molecule has 0 bridgehead atoms. The van der Waals surface area contributed by atoms with E-state index in [-0.39, 0.29) is 0 Å². The summed E-state index contributed by atoms with van der Waals surface area (Å²) in [7, 11) is 0. The summed E-state index contributed by atoms with van der Waals surface area (Å²) in [5.41, 5.74) is 0. The van der Waals surface area contributed by atoms with Gasteiger partial charge in [0.1, 0.15) is 0 Å². The molecule has 0 heterocycles. The lowest BCUT2D eigenvalue weighted by molar-refractivity contribution is -0.231. The van der Waals surface area contributed by atoms with Crippen molar-refractivity contribution in [2.45, 2.75) is 57.1 Å². The lowest BCUT2D eigenvalue weighted by Gasteiger charge is -2.29. The first-order chi connectivity index (χ1) is 6.39. The van der Waals surface area contributed by atoms with Gasteiger partial charge in [0.15, 0.2) is 6.10 Å². The van der Waals surface area contributed by atoms with Gasteiger partial charge in [-0.1, -0.05) is 0 Å². The number of hydrogen-bond acceptors (Lipinski definition) is 2. The standard InChI is InChI=1S/C9H15F3O2/c1-6(9(10,11)12)14-8-4-2-3-7(13)5-8/h6-8,13H,2-5H2,1H3. The number of rotatable bonds is 2. The van der Waals surface area contributed by atoms with Crippen LogP contribution in [0.3, 0.4) is 0 Å². The van der Waals surface area contributed by atoms with E-state index in [0.29, 0.717) is 19.3 Å². The van der Waals surface area contributed by atoms with Gasteiger partial charge in [0.05, 0.1) is 12.2 Å². The minimum absolute atomic E-state index is 0.320. The van der Waals surface area contributed by atoms with Gasteiger partial charge in [-0.25, -0.2) is 0 Å². The number of ether oxygens (including phenoxy) is 1. The van der Waals surface area contributed by atoms with Crippen LogP contribution in [-0.4, -0.2) is 29.6 Å². The quantitative estimate of drug-likeness (QED) is 0.760. The summed E-state index contributed by atoms with van der Waals surface area (Å²) in [6.45, 7) is 1.00. The summed E-state index contributed by atoms with van der Waals surface area (Å²) in [5, 5.41) is 9.23. The van der Waals surface area contributed by atoms with Crippen LogP contribution in [0, 0.1) is 0 Å². The fourth-order valence-corrected chi connectivity index (χ4v) is 1.61. The van der Waals surface area contributed by atoms with Crippen LogP contribution in [0.25, 0.3) is 0 Å². The molecule has 0 aliphatic heterocycles. The molecule has 1 aliphatic carbocycles. The molecule has 1 saturated carbocycles. The Kier molecular flexibility index (Phi) is 3.78. The molecule has 0 amide bonds. The van der Waals surface area contributed by atoms with Crippen LogP contribution in [-0.2, 0) is 4.74 Å². The average molecular weight is 212 g/mol. The van der Waals surface area contributed by atoms with Crippen LogP contribution < -0.4 is 0 Å². The minimum Gasteiger partial charge on any atom is -0.393 e. The van der Waals surface area contributed by atoms with Crippen molar-refractivity contribution in [1.29, 1.82) is 0 Å². The van der Waals surface area contributed by atoms with E-state index >= 15 is 0 Å². The van der Waals surface area contributed by atoms with Gasteiger partial charge in [0.25, 0.3) is 0 Å². The molecule has 14 heavy (non-hydrogen) atoms. The molecule has 1 N–H and O–H groups in total. The maximum atomic E-state index is 12.1. The summed E-state index contributed by atoms with van der Waals surface area (Å²) in [4.78, 5) is 0. The highest BCUT2D eigenvalue weighted by molar-refractivity contribution is 4.74. The zero-order valence-corrected chi connectivity index (χ0v) is 8.05. The molecule has 0 aromatic rings. The van der Waals surface area contributed by atoms with Gasteiger partial charge in [-0.15, -0.1) is 0 Å². The fourth-order valence-electron chi connectivity index (χ4n) is 1.61. The smallest absolute Gasteiger partial charge is 0.393 e. The summed E-state index contributed by atoms with van der Waals surface area (Å²) < 4.78 is 41.2. The molecule has 3 unspecified atom stereocenters. The maximum absolute atomic E-state index is 12.1. The summed E-state index contributed by atoms with van der Waals surface area (Å²) in [6, 6.07) is 0. The summed E-state index contributed by atoms with van der Waals surface area (Å²) >= 11 is 0. The van der Waals surface area contributed by atoms with E-state index in [0.717, 1.165) is 13.3 Å². The second-order valence-corrected chi connectivity index (χ2v) is 3.76. The number of alkyl halides is 3. The van der Waals surface area contributed by atoms with Gasteiger partial charge in [-0.3, -0.25) is 0 Å². The predicted molar refractivity (Wildman–Crippen MR) is 44.9 cm³/mol. The molecule has 0 aromatic heterocycles. The first-order valence-electron chi connectivity index (χ1n) is 4.80. The Morgan fingerprint density at radius 2 is 2.00 bits per heavy atom. The predicted octanol–water partition coefficient (Wildman–Crippen LogP) is 2.26. The highest BCUT2D eigenvalue weighted by atomic mass is 19.4. The van der Waals surface area contributed by atoms with Crippen molar-refractivity contribution in [2.24, 2.45) is 0 Å². The van der Waals surface area contributed by atoms with E-state index in [1.54, 1.807) is 0 Å². The summed E-state index contributed by atoms with van der Waals surface area (Å²) in [6.07, 6.45) is -4.67. The molecule has 1 fully saturated rings. The van der Waals surface area contributed by atoms with Gasteiger partial charge in [-0.2, -0.15) is 13.2 Å². The molecular weight excluding hydrogens is 197 g/mol. The van der Waals surface area contributed by atoms with Gasteiger partial charge in [0.2, 0.25) is 0 Å². The molecule has 1 rings (SSSR count). The van der Waals surface area contributed by atoms with E-state index in [1.807, 2.05) is 0 Å². The zero-order chi connectivity index (χ0) is 10.8. The van der Waals surface area contributed by atoms with Crippen LogP contribution in [0.2, 0.25) is 0 Å². The van der Waals surface area contributed by atoms with Crippen molar-refractivity contribution < 1.29 is 23.0 Å². The lowest BCUT2D eigenvalue weighted by atomic mass is 9.95. The number of aliphatic hydroxyl groups excluding tert-OH is 1. The third-order valence-corrected chi connectivity index (χ3v) is 2.46. The molecule has 2 nitrogen and oxygen atoms in total. The van der Waals surface area contributed by atoms with Crippen LogP contribution in [0.15, 0.2) is 0 Å². The van der Waals surface area contributed by atoms with Gasteiger partial charge in [-0.05, 0) is 32.6 Å². The average Bonchev–Trinajstić information content (AvgIpc) is 2.02. The highest BCUT2D eigenvalue weighted by Gasteiger charge is 2.39. The summed E-state index contributed by atoms with van der Waals surface area (Å²) in [5.74, 6) is 0. The van der Waals surface area contributed by atoms with E-state index in [9.17, 15) is 18.3 Å². The highest BCUT2D eigenvalue weighted by Crippen LogP contribution is 2.28. The molecule has 0 aromatic carbocycles. The molecule has 84 valence electrons. The monoisotopic (exact) mass is 212 g/mol. The van der Waals surface area contributed by atoms with Crippen molar-refractivity contribution in [3.8, 4) is 0 Å². The lowest BCUT2D eigenvalue weighted by Crippen LogP contribution is -2.35. The van der Waals surface area contributed by atoms with Crippen molar-refractivity contribution in [2.75, 3.05) is 0 Å². The van der Waals surface area contributed by atoms with Gasteiger partial charge >= 0.3 is 6.18 Å². The zero-order valence-electron chi connectivity index (χ0n) is 8.05. The Morgan fingerprint density at radius 3 is 2.50 bits per heavy atom. The van der Waals surface area contributed by atoms with Crippen LogP contribution >= 0.6 is 0 Å². The second kappa shape index (κ2) is 4.49. The molecule has 0 spiro atoms. The molecule has 0 saturated heterocycles. The maximum Gasteiger partial charge on any atom is 0.414 e. The van der Waals surface area contributed by atoms with Gasteiger partial charge in [0, 0.05) is 0 Å². The van der Waals surface area contributed by atoms with Crippen LogP contribution in [0.1, 0.15) is 32.6 Å². The molecule has 3 atom stereocenters. The Labute approximate surface area is 81.1 Å². The van der Waals surface area contributed by atoms with E-state index < -0.39 is 24.5 Å². The molecule has 1 aliphatic rings. The van der Waals surface area contributed by atoms with Crippen LogP contribution in [0.5, 0.6) is 0 Å². The van der Waals surface area contributed by atoms with E-state index in [1.165, 1.54) is 0 Å². The van der Waals surface area contributed by atoms with Crippen molar-refractivity contribution >= 4 is 0 Å². The third kappa shape index (κ3) is 3.46. The first kappa shape index (κ1) is 11.8. The van der Waals surface area contributed by atoms with Crippen molar-refractivity contribution in [3.05, 3.63) is 0 Å². The third-order valence-electron chi connectivity index (χ3n) is 2.46. The van der Waals surface area contributed by atoms with Crippen molar-refractivity contribution in [1.82, 2.24) is 0 Å². The largest absolute Gasteiger partial charge is 0.414 e. The second-order valence-electron chi connectivity index (χ2n) is 3.76. The Hall–Kier alpha value is -0.290. The first-order valence-corrected chi connectivity index (χ1v) is 4.80.